The number of hydrogen-bond donors (Lipinski definition) is 2. The molecule has 0 radical (unpaired) electrons. The van der Waals surface area contributed by atoms with Crippen LogP contribution in [0.4, 0.5) is 10.2 Å². The molecule has 0 atom stereocenters. The van der Waals surface area contributed by atoms with Crippen molar-refractivity contribution in [3.05, 3.63) is 53.7 Å². The zero-order chi connectivity index (χ0) is 13.0. The molecule has 0 unspecified atom stereocenters. The van der Waals surface area contributed by atoms with Gasteiger partial charge in [0.25, 0.3) is 0 Å². The van der Waals surface area contributed by atoms with Gasteiger partial charge in [-0.2, -0.15) is 0 Å². The van der Waals surface area contributed by atoms with Crippen LogP contribution in [0.3, 0.4) is 0 Å². The molecule has 1 heterocycles. The second-order valence-corrected chi connectivity index (χ2v) is 4.04. The number of anilines is 1. The maximum absolute atomic E-state index is 13.4. The molecule has 0 aliphatic rings. The lowest BCUT2D eigenvalue weighted by Gasteiger charge is -2.06. The van der Waals surface area contributed by atoms with E-state index in [1.54, 1.807) is 18.2 Å². The molecule has 0 fully saturated rings. The van der Waals surface area contributed by atoms with Crippen molar-refractivity contribution in [1.29, 1.82) is 0 Å². The molecule has 0 saturated heterocycles. The second-order valence-electron chi connectivity index (χ2n) is 3.60. The Kier molecular flexibility index (Phi) is 3.78. The molecule has 0 amide bonds. The highest BCUT2D eigenvalue weighted by atomic mass is 32.1. The normalized spacial score (nSPS) is 10.1. The summed E-state index contributed by atoms with van der Waals surface area (Å²) in [6, 6.07) is 6.55. The summed E-state index contributed by atoms with van der Waals surface area (Å²) in [5.74, 6) is 0.288. The summed E-state index contributed by atoms with van der Waals surface area (Å²) in [4.78, 5) is 8.31. The lowest BCUT2D eigenvalue weighted by atomic mass is 10.2. The molecule has 0 aliphatic carbocycles. The van der Waals surface area contributed by atoms with Crippen LogP contribution in [0.15, 0.2) is 36.7 Å². The number of hydrogen-bond acceptors (Lipinski definition) is 4. The summed E-state index contributed by atoms with van der Waals surface area (Å²) in [5.41, 5.74) is 6.43. The molecular weight excluding hydrogens is 251 g/mol. The molecule has 0 aliphatic heterocycles. The number of thiocarbonyl (C=S) groups is 1. The van der Waals surface area contributed by atoms with Crippen molar-refractivity contribution in [2.45, 2.75) is 6.54 Å². The Bertz CT molecular complexity index is 556. The molecule has 2 aromatic rings. The molecule has 1 aromatic heterocycles. The van der Waals surface area contributed by atoms with E-state index in [-0.39, 0.29) is 10.8 Å². The predicted molar refractivity (Wildman–Crippen MR) is 71.6 cm³/mol. The monoisotopic (exact) mass is 262 g/mol. The highest BCUT2D eigenvalue weighted by Gasteiger charge is 2.02. The number of aromatic nitrogens is 2. The summed E-state index contributed by atoms with van der Waals surface area (Å²) in [5, 5.41) is 2.97. The van der Waals surface area contributed by atoms with Crippen LogP contribution in [0.2, 0.25) is 0 Å². The SMILES string of the molecule is NC(=S)c1cnc(NCc2ccccc2F)cn1. The maximum Gasteiger partial charge on any atom is 0.144 e. The van der Waals surface area contributed by atoms with Crippen LogP contribution in [0, 0.1) is 5.82 Å². The van der Waals surface area contributed by atoms with Crippen LogP contribution in [0.5, 0.6) is 0 Å². The molecule has 0 bridgehead atoms. The second kappa shape index (κ2) is 5.50. The zero-order valence-corrected chi connectivity index (χ0v) is 10.2. The van der Waals surface area contributed by atoms with Gasteiger partial charge in [0.2, 0.25) is 0 Å². The smallest absolute Gasteiger partial charge is 0.144 e. The topological polar surface area (TPSA) is 63.8 Å². The third-order valence-electron chi connectivity index (χ3n) is 2.32. The van der Waals surface area contributed by atoms with Gasteiger partial charge in [0, 0.05) is 12.1 Å². The van der Waals surface area contributed by atoms with Crippen LogP contribution in [-0.4, -0.2) is 15.0 Å². The Morgan fingerprint density at radius 2 is 2.06 bits per heavy atom. The fraction of sp³-hybridized carbons (Fsp3) is 0.0833. The lowest BCUT2D eigenvalue weighted by Crippen LogP contribution is -2.12. The van der Waals surface area contributed by atoms with Gasteiger partial charge in [-0.05, 0) is 6.07 Å². The molecule has 6 heteroatoms. The van der Waals surface area contributed by atoms with Gasteiger partial charge in [0.05, 0.1) is 12.4 Å². The number of nitrogens with two attached hydrogens (primary N) is 1. The van der Waals surface area contributed by atoms with Crippen molar-refractivity contribution >= 4 is 23.0 Å². The van der Waals surface area contributed by atoms with E-state index in [0.717, 1.165) is 0 Å². The van der Waals surface area contributed by atoms with Gasteiger partial charge < -0.3 is 11.1 Å². The summed E-state index contributed by atoms with van der Waals surface area (Å²) >= 11 is 4.77. The number of nitrogens with zero attached hydrogens (tertiary/aromatic N) is 2. The summed E-state index contributed by atoms with van der Waals surface area (Å²) < 4.78 is 13.4. The van der Waals surface area contributed by atoms with Crippen LogP contribution in [0.25, 0.3) is 0 Å². The largest absolute Gasteiger partial charge is 0.388 e. The number of nitrogens with one attached hydrogen (secondary N) is 1. The third kappa shape index (κ3) is 2.98. The van der Waals surface area contributed by atoms with Crippen molar-refractivity contribution in [2.24, 2.45) is 5.73 Å². The lowest BCUT2D eigenvalue weighted by molar-refractivity contribution is 0.613. The molecule has 1 aromatic carbocycles. The van der Waals surface area contributed by atoms with E-state index >= 15 is 0 Å². The van der Waals surface area contributed by atoms with Crippen molar-refractivity contribution in [1.82, 2.24) is 9.97 Å². The van der Waals surface area contributed by atoms with Gasteiger partial charge >= 0.3 is 0 Å². The van der Waals surface area contributed by atoms with Crippen LogP contribution < -0.4 is 11.1 Å². The zero-order valence-electron chi connectivity index (χ0n) is 9.43. The van der Waals surface area contributed by atoms with E-state index in [4.69, 9.17) is 18.0 Å². The Hall–Kier alpha value is -2.08. The van der Waals surface area contributed by atoms with Crippen LogP contribution in [-0.2, 0) is 6.54 Å². The first kappa shape index (κ1) is 12.4. The van der Waals surface area contributed by atoms with Crippen molar-refractivity contribution in [3.8, 4) is 0 Å². The van der Waals surface area contributed by atoms with E-state index in [0.29, 0.717) is 23.6 Å². The van der Waals surface area contributed by atoms with E-state index in [2.05, 4.69) is 15.3 Å². The Labute approximate surface area is 109 Å². The molecule has 2 rings (SSSR count). The van der Waals surface area contributed by atoms with Crippen LogP contribution in [0.1, 0.15) is 11.3 Å². The third-order valence-corrected chi connectivity index (χ3v) is 2.53. The van der Waals surface area contributed by atoms with E-state index in [9.17, 15) is 4.39 Å². The number of halogens is 1. The van der Waals surface area contributed by atoms with Gasteiger partial charge in [-0.3, -0.25) is 0 Å². The highest BCUT2D eigenvalue weighted by molar-refractivity contribution is 7.80. The summed E-state index contributed by atoms with van der Waals surface area (Å²) in [6.07, 6.45) is 2.99. The Morgan fingerprint density at radius 1 is 1.28 bits per heavy atom. The summed E-state index contributed by atoms with van der Waals surface area (Å²) in [7, 11) is 0. The molecule has 3 N–H and O–H groups in total. The van der Waals surface area contributed by atoms with E-state index < -0.39 is 0 Å². The molecule has 4 nitrogen and oxygen atoms in total. The minimum atomic E-state index is -0.252. The van der Waals surface area contributed by atoms with Gasteiger partial charge in [0.1, 0.15) is 22.3 Å². The van der Waals surface area contributed by atoms with Gasteiger partial charge in [-0.1, -0.05) is 30.4 Å². The number of rotatable bonds is 4. The minimum Gasteiger partial charge on any atom is -0.388 e. The quantitative estimate of drug-likeness (QED) is 0.823. The standard InChI is InChI=1S/C12H11FN4S/c13-9-4-2-1-3-8(9)5-16-11-7-15-10(6-17-11)12(14)18/h1-4,6-7H,5H2,(H2,14,18)(H,16,17). The Morgan fingerprint density at radius 3 is 2.67 bits per heavy atom. The first-order chi connectivity index (χ1) is 8.66. The highest BCUT2D eigenvalue weighted by Crippen LogP contribution is 2.09. The van der Waals surface area contributed by atoms with Gasteiger partial charge in [0.15, 0.2) is 0 Å². The fourth-order valence-corrected chi connectivity index (χ4v) is 1.48. The molecule has 92 valence electrons. The van der Waals surface area contributed by atoms with E-state index in [1.807, 2.05) is 0 Å². The number of benzene rings is 1. The predicted octanol–water partition coefficient (Wildman–Crippen LogP) is 1.86. The van der Waals surface area contributed by atoms with Crippen LogP contribution >= 0.6 is 12.2 Å². The fourth-order valence-electron chi connectivity index (χ4n) is 1.37. The van der Waals surface area contributed by atoms with Gasteiger partial charge in [-0.15, -0.1) is 0 Å². The van der Waals surface area contributed by atoms with Crippen molar-refractivity contribution in [3.63, 3.8) is 0 Å². The minimum absolute atomic E-state index is 0.197. The first-order valence-electron chi connectivity index (χ1n) is 5.26. The molecular formula is C12H11FN4S. The maximum atomic E-state index is 13.4. The summed E-state index contributed by atoms with van der Waals surface area (Å²) in [6.45, 7) is 0.341. The van der Waals surface area contributed by atoms with E-state index in [1.165, 1.54) is 18.5 Å². The first-order valence-corrected chi connectivity index (χ1v) is 5.67. The Balaban J connectivity index is 2.02. The average Bonchev–Trinajstić information content (AvgIpc) is 2.38. The van der Waals surface area contributed by atoms with Crippen molar-refractivity contribution in [2.75, 3.05) is 5.32 Å². The van der Waals surface area contributed by atoms with Crippen molar-refractivity contribution < 1.29 is 4.39 Å². The van der Waals surface area contributed by atoms with Gasteiger partial charge in [-0.25, -0.2) is 14.4 Å². The molecule has 18 heavy (non-hydrogen) atoms. The molecule has 0 spiro atoms. The molecule has 0 saturated carbocycles. The average molecular weight is 262 g/mol.